The molecule has 0 spiro atoms. The molecule has 13 heavy (non-hydrogen) atoms. The van der Waals surface area contributed by atoms with Crippen molar-refractivity contribution in [1.82, 2.24) is 3.80 Å². The summed E-state index contributed by atoms with van der Waals surface area (Å²) in [4.78, 5) is 0. The number of nitrogens with one attached hydrogen (secondary N) is 1. The van der Waals surface area contributed by atoms with E-state index in [2.05, 4.69) is 24.5 Å². The van der Waals surface area contributed by atoms with Crippen LogP contribution in [0.4, 0.5) is 0 Å². The molecule has 4 bridgehead atoms. The summed E-state index contributed by atoms with van der Waals surface area (Å²) in [5.41, 5.74) is 0.592. The Kier molecular flexibility index (Phi) is 2.84. The summed E-state index contributed by atoms with van der Waals surface area (Å²) in [6.45, 7) is 0. The van der Waals surface area contributed by atoms with Gasteiger partial charge in [0.1, 0.15) is 0 Å². The first-order valence-corrected chi connectivity index (χ1v) is 6.02. The summed E-state index contributed by atoms with van der Waals surface area (Å²) >= 11 is 2.17. The van der Waals surface area contributed by atoms with E-state index in [1.165, 1.54) is 19.3 Å². The Morgan fingerprint density at radius 1 is 0.923 bits per heavy atom. The van der Waals surface area contributed by atoms with Crippen LogP contribution in [0.5, 0.6) is 0 Å². The Morgan fingerprint density at radius 3 is 1.62 bits per heavy atom. The predicted octanol–water partition coefficient (Wildman–Crippen LogP) is 2.43. The van der Waals surface area contributed by atoms with E-state index in [0.29, 0.717) is 5.54 Å². The molecule has 0 saturated heterocycles. The van der Waals surface area contributed by atoms with E-state index >= 15 is 0 Å². The van der Waals surface area contributed by atoms with E-state index in [9.17, 15) is 0 Å². The fourth-order valence-electron chi connectivity index (χ4n) is 4.26. The van der Waals surface area contributed by atoms with Crippen LogP contribution in [-0.2, 0) is 20.7 Å². The van der Waals surface area contributed by atoms with Crippen molar-refractivity contribution in [2.75, 3.05) is 0 Å². The van der Waals surface area contributed by atoms with Crippen molar-refractivity contribution in [2.45, 2.75) is 44.1 Å². The third-order valence-electron chi connectivity index (χ3n) is 4.30. The molecule has 4 aliphatic rings. The van der Waals surface area contributed by atoms with Crippen LogP contribution in [0.3, 0.4) is 0 Å². The van der Waals surface area contributed by atoms with E-state index in [1.54, 1.807) is 19.3 Å². The molecular formula is C10H17ClNTi. The molecule has 73 valence electrons. The van der Waals surface area contributed by atoms with Gasteiger partial charge >= 0.3 is 86.3 Å². The van der Waals surface area contributed by atoms with E-state index < -0.39 is 0 Å². The topological polar surface area (TPSA) is 12.0 Å². The van der Waals surface area contributed by atoms with Crippen molar-refractivity contribution in [3.8, 4) is 0 Å². The molecule has 0 aromatic heterocycles. The molecule has 0 radical (unpaired) electrons. The average molecular weight is 235 g/mol. The summed E-state index contributed by atoms with van der Waals surface area (Å²) in [6.07, 6.45) is 9.11. The first-order chi connectivity index (χ1) is 5.80. The summed E-state index contributed by atoms with van der Waals surface area (Å²) in [5, 5.41) is 0. The predicted molar refractivity (Wildman–Crippen MR) is 51.3 cm³/mol. The minimum absolute atomic E-state index is 0. The third-order valence-corrected chi connectivity index (χ3v) is 5.13. The Labute approximate surface area is 98.5 Å². The van der Waals surface area contributed by atoms with Crippen molar-refractivity contribution in [2.24, 2.45) is 17.8 Å². The second kappa shape index (κ2) is 3.52. The van der Waals surface area contributed by atoms with Gasteiger partial charge in [0.05, 0.1) is 0 Å². The van der Waals surface area contributed by atoms with Gasteiger partial charge in [-0.3, -0.25) is 0 Å². The molecule has 0 atom stereocenters. The van der Waals surface area contributed by atoms with Crippen molar-refractivity contribution < 1.29 is 20.7 Å². The van der Waals surface area contributed by atoms with Crippen LogP contribution in [0.15, 0.2) is 0 Å². The van der Waals surface area contributed by atoms with E-state index in [1.807, 2.05) is 0 Å². The first kappa shape index (κ1) is 10.5. The molecular weight excluding hydrogens is 217 g/mol. The molecule has 4 aliphatic carbocycles. The van der Waals surface area contributed by atoms with Gasteiger partial charge in [0.25, 0.3) is 0 Å². The first-order valence-electron chi connectivity index (χ1n) is 5.23. The molecule has 3 heteroatoms. The number of halogens is 1. The van der Waals surface area contributed by atoms with Gasteiger partial charge in [-0.05, 0) is 0 Å². The van der Waals surface area contributed by atoms with Gasteiger partial charge < -0.3 is 0 Å². The third kappa shape index (κ3) is 1.63. The van der Waals surface area contributed by atoms with Crippen LogP contribution in [0.1, 0.15) is 38.5 Å². The molecule has 1 N–H and O–H groups in total. The van der Waals surface area contributed by atoms with Crippen LogP contribution in [0, 0.1) is 17.8 Å². The molecule has 4 fully saturated rings. The zero-order chi connectivity index (χ0) is 8.18. The molecule has 0 aromatic carbocycles. The molecule has 0 heterocycles. The molecule has 1 nitrogen and oxygen atoms in total. The summed E-state index contributed by atoms with van der Waals surface area (Å²) in [7, 11) is 0. The second-order valence-electron chi connectivity index (χ2n) is 5.32. The van der Waals surface area contributed by atoms with Crippen LogP contribution >= 0.6 is 12.4 Å². The van der Waals surface area contributed by atoms with Crippen molar-refractivity contribution >= 4 is 12.4 Å². The van der Waals surface area contributed by atoms with Gasteiger partial charge in [-0.1, -0.05) is 0 Å². The molecule has 0 aliphatic heterocycles. The van der Waals surface area contributed by atoms with E-state index in [-0.39, 0.29) is 12.4 Å². The van der Waals surface area contributed by atoms with Gasteiger partial charge in [0, 0.05) is 0 Å². The standard InChI is InChI=1S/C10H16N.ClH.Ti/c11-10-4-7-1-8(5-10)3-9(2-7)6-10;;/h7-9,11H,1-6H2;1H;/q-1;;+1. The number of hydrogen-bond donors (Lipinski definition) is 1. The van der Waals surface area contributed by atoms with E-state index in [0.717, 1.165) is 17.8 Å². The number of hydrogen-bond acceptors (Lipinski definition) is 1. The van der Waals surface area contributed by atoms with Gasteiger partial charge in [-0.2, -0.15) is 0 Å². The Hall–Kier alpha value is 0.964. The molecule has 0 aromatic rings. The Balaban J connectivity index is 0.000000653. The summed E-state index contributed by atoms with van der Waals surface area (Å²) < 4.78 is 3.61. The van der Waals surface area contributed by atoms with Gasteiger partial charge in [0.2, 0.25) is 0 Å². The monoisotopic (exact) mass is 234 g/mol. The molecule has 4 rings (SSSR count). The van der Waals surface area contributed by atoms with Crippen LogP contribution < -0.4 is 3.80 Å². The van der Waals surface area contributed by atoms with Crippen LogP contribution in [0.25, 0.3) is 0 Å². The quantitative estimate of drug-likeness (QED) is 0.687. The Morgan fingerprint density at radius 2 is 1.31 bits per heavy atom. The molecule has 0 unspecified atom stereocenters. The fraction of sp³-hybridized carbons (Fsp3) is 1.00. The molecule has 4 saturated carbocycles. The normalized spacial score (nSPS) is 51.8. The van der Waals surface area contributed by atoms with Crippen LogP contribution in [0.2, 0.25) is 0 Å². The second-order valence-corrected chi connectivity index (χ2v) is 5.71. The van der Waals surface area contributed by atoms with Crippen molar-refractivity contribution in [3.63, 3.8) is 0 Å². The maximum absolute atomic E-state index is 3.61. The molecule has 0 amide bonds. The SMILES string of the molecule is Cl.[Ti][NH]C12CC3CC(CC(C3)C1)C2. The van der Waals surface area contributed by atoms with Crippen molar-refractivity contribution in [3.05, 3.63) is 0 Å². The van der Waals surface area contributed by atoms with E-state index in [4.69, 9.17) is 0 Å². The van der Waals surface area contributed by atoms with Crippen molar-refractivity contribution in [1.29, 1.82) is 0 Å². The number of rotatable bonds is 1. The average Bonchev–Trinajstić information content (AvgIpc) is 2.02. The Bertz CT molecular complexity index is 172. The van der Waals surface area contributed by atoms with Gasteiger partial charge in [-0.25, -0.2) is 0 Å². The maximum atomic E-state index is 3.61. The van der Waals surface area contributed by atoms with Crippen LogP contribution in [-0.4, -0.2) is 5.54 Å². The summed E-state index contributed by atoms with van der Waals surface area (Å²) in [6, 6.07) is 0. The van der Waals surface area contributed by atoms with Gasteiger partial charge in [0.15, 0.2) is 0 Å². The van der Waals surface area contributed by atoms with Gasteiger partial charge in [-0.15, -0.1) is 12.4 Å². The minimum atomic E-state index is 0. The fourth-order valence-corrected chi connectivity index (χ4v) is 4.74. The zero-order valence-electron chi connectivity index (χ0n) is 7.88. The zero-order valence-corrected chi connectivity index (χ0v) is 10.3. The summed E-state index contributed by atoms with van der Waals surface area (Å²) in [5.74, 6) is 3.26.